The van der Waals surface area contributed by atoms with Gasteiger partial charge >= 0.3 is 12.0 Å². The molecule has 1 heterocycles. The van der Waals surface area contributed by atoms with Crippen LogP contribution in [0.15, 0.2) is 0 Å². The van der Waals surface area contributed by atoms with Gasteiger partial charge in [-0.05, 0) is 12.8 Å². The summed E-state index contributed by atoms with van der Waals surface area (Å²) >= 11 is 0. The van der Waals surface area contributed by atoms with Crippen LogP contribution in [0.25, 0.3) is 0 Å². The number of likely N-dealkylation sites (tertiary alicyclic amines) is 1. The predicted molar refractivity (Wildman–Crippen MR) is 64.1 cm³/mol. The van der Waals surface area contributed by atoms with Crippen molar-refractivity contribution in [1.82, 2.24) is 15.1 Å². The Labute approximate surface area is 106 Å². The average Bonchev–Trinajstić information content (AvgIpc) is 2.72. The van der Waals surface area contributed by atoms with Crippen LogP contribution in [0, 0.1) is 0 Å². The fourth-order valence-electron chi connectivity index (χ4n) is 1.93. The topological polar surface area (TPSA) is 90.0 Å². The Morgan fingerprint density at radius 2 is 2.06 bits per heavy atom. The second kappa shape index (κ2) is 6.23. The van der Waals surface area contributed by atoms with Crippen LogP contribution < -0.4 is 5.32 Å². The molecule has 7 heteroatoms. The molecule has 0 saturated carbocycles. The van der Waals surface area contributed by atoms with Crippen molar-refractivity contribution in [2.75, 3.05) is 27.2 Å². The van der Waals surface area contributed by atoms with Crippen molar-refractivity contribution in [3.8, 4) is 0 Å². The Morgan fingerprint density at radius 1 is 1.39 bits per heavy atom. The number of carbonyl (C=O) groups excluding carboxylic acids is 2. The molecule has 0 radical (unpaired) electrons. The molecule has 0 aromatic heterocycles. The minimum absolute atomic E-state index is 0.0466. The van der Waals surface area contributed by atoms with Gasteiger partial charge in [0, 0.05) is 26.7 Å². The number of carboxylic acids is 1. The second-order valence-electron chi connectivity index (χ2n) is 4.53. The van der Waals surface area contributed by atoms with E-state index in [-0.39, 0.29) is 30.9 Å². The molecule has 1 unspecified atom stereocenters. The molecule has 1 saturated heterocycles. The van der Waals surface area contributed by atoms with Gasteiger partial charge in [-0.1, -0.05) is 0 Å². The van der Waals surface area contributed by atoms with Crippen LogP contribution in [0.1, 0.15) is 19.3 Å². The zero-order valence-corrected chi connectivity index (χ0v) is 10.7. The van der Waals surface area contributed by atoms with Gasteiger partial charge in [-0.3, -0.25) is 9.59 Å². The summed E-state index contributed by atoms with van der Waals surface area (Å²) in [6, 6.07) is -0.633. The number of rotatable bonds is 4. The maximum Gasteiger partial charge on any atom is 0.318 e. The SMILES string of the molecule is CN(C)C(=O)CNC(=O)N1CCCC1CC(=O)O. The number of nitrogens with one attached hydrogen (secondary N) is 1. The summed E-state index contributed by atoms with van der Waals surface area (Å²) in [4.78, 5) is 36.7. The Hall–Kier alpha value is -1.79. The summed E-state index contributed by atoms with van der Waals surface area (Å²) < 4.78 is 0. The van der Waals surface area contributed by atoms with Gasteiger partial charge in [0.05, 0.1) is 13.0 Å². The summed E-state index contributed by atoms with van der Waals surface area (Å²) in [5.74, 6) is -1.11. The molecule has 0 spiro atoms. The first-order chi connectivity index (χ1) is 8.41. The lowest BCUT2D eigenvalue weighted by Crippen LogP contribution is -2.46. The number of amides is 3. The monoisotopic (exact) mass is 257 g/mol. The van der Waals surface area contributed by atoms with E-state index in [0.717, 1.165) is 6.42 Å². The van der Waals surface area contributed by atoms with Crippen LogP contribution in [0.2, 0.25) is 0 Å². The number of hydrogen-bond donors (Lipinski definition) is 2. The summed E-state index contributed by atoms with van der Waals surface area (Å²) in [7, 11) is 3.22. The van der Waals surface area contributed by atoms with Crippen molar-refractivity contribution in [3.63, 3.8) is 0 Å². The molecule has 0 aliphatic carbocycles. The minimum atomic E-state index is -0.913. The zero-order valence-electron chi connectivity index (χ0n) is 10.7. The molecule has 1 fully saturated rings. The number of nitrogens with zero attached hydrogens (tertiary/aromatic N) is 2. The van der Waals surface area contributed by atoms with Gasteiger partial charge in [0.2, 0.25) is 5.91 Å². The average molecular weight is 257 g/mol. The highest BCUT2D eigenvalue weighted by Crippen LogP contribution is 2.19. The van der Waals surface area contributed by atoms with Gasteiger partial charge in [-0.2, -0.15) is 0 Å². The molecule has 7 nitrogen and oxygen atoms in total. The minimum Gasteiger partial charge on any atom is -0.481 e. The Morgan fingerprint density at radius 3 is 2.61 bits per heavy atom. The first-order valence-corrected chi connectivity index (χ1v) is 5.88. The largest absolute Gasteiger partial charge is 0.481 e. The van der Waals surface area contributed by atoms with Crippen molar-refractivity contribution >= 4 is 17.9 Å². The summed E-state index contributed by atoms with van der Waals surface area (Å²) in [5, 5.41) is 11.3. The predicted octanol–water partition coefficient (Wildman–Crippen LogP) is -0.277. The third kappa shape index (κ3) is 3.90. The Kier molecular flexibility index (Phi) is 4.94. The van der Waals surface area contributed by atoms with Crippen molar-refractivity contribution in [2.24, 2.45) is 0 Å². The first-order valence-electron chi connectivity index (χ1n) is 5.88. The third-order valence-electron chi connectivity index (χ3n) is 2.94. The summed E-state index contributed by atoms with van der Waals surface area (Å²) in [6.07, 6.45) is 1.45. The Bertz CT molecular complexity index is 343. The van der Waals surface area contributed by atoms with E-state index < -0.39 is 5.97 Å². The van der Waals surface area contributed by atoms with E-state index in [1.807, 2.05) is 0 Å². The fourth-order valence-corrected chi connectivity index (χ4v) is 1.93. The van der Waals surface area contributed by atoms with Gasteiger partial charge in [-0.25, -0.2) is 4.79 Å². The number of carbonyl (C=O) groups is 3. The molecule has 2 N–H and O–H groups in total. The second-order valence-corrected chi connectivity index (χ2v) is 4.53. The standard InChI is InChI=1S/C11H19N3O4/c1-13(2)9(15)7-12-11(18)14-5-3-4-8(14)6-10(16)17/h8H,3-7H2,1-2H3,(H,12,18)(H,16,17). The van der Waals surface area contributed by atoms with E-state index >= 15 is 0 Å². The maximum atomic E-state index is 11.8. The number of carboxylic acid groups (broad SMARTS) is 1. The highest BCUT2D eigenvalue weighted by Gasteiger charge is 2.30. The summed E-state index contributed by atoms with van der Waals surface area (Å²) in [5.41, 5.74) is 0. The van der Waals surface area contributed by atoms with Crippen LogP contribution in [0.5, 0.6) is 0 Å². The molecule has 0 aromatic carbocycles. The fraction of sp³-hybridized carbons (Fsp3) is 0.727. The molecular weight excluding hydrogens is 238 g/mol. The smallest absolute Gasteiger partial charge is 0.318 e. The van der Waals surface area contributed by atoms with E-state index in [4.69, 9.17) is 5.11 Å². The lowest BCUT2D eigenvalue weighted by molar-refractivity contribution is -0.138. The third-order valence-corrected chi connectivity index (χ3v) is 2.94. The molecule has 102 valence electrons. The molecule has 1 rings (SSSR count). The number of hydrogen-bond acceptors (Lipinski definition) is 3. The Balaban J connectivity index is 2.45. The maximum absolute atomic E-state index is 11.8. The highest BCUT2D eigenvalue weighted by molar-refractivity contribution is 5.84. The normalized spacial score (nSPS) is 18.6. The van der Waals surface area contributed by atoms with Crippen LogP contribution in [0.4, 0.5) is 4.79 Å². The molecule has 1 aliphatic heterocycles. The molecule has 1 aliphatic rings. The van der Waals surface area contributed by atoms with Crippen LogP contribution >= 0.6 is 0 Å². The number of urea groups is 1. The van der Waals surface area contributed by atoms with Crippen molar-refractivity contribution < 1.29 is 19.5 Å². The molecule has 3 amide bonds. The van der Waals surface area contributed by atoms with E-state index in [1.165, 1.54) is 9.80 Å². The van der Waals surface area contributed by atoms with E-state index in [0.29, 0.717) is 13.0 Å². The first kappa shape index (κ1) is 14.3. The molecule has 1 atom stereocenters. The van der Waals surface area contributed by atoms with Gasteiger partial charge in [0.25, 0.3) is 0 Å². The molecule has 18 heavy (non-hydrogen) atoms. The highest BCUT2D eigenvalue weighted by atomic mass is 16.4. The van der Waals surface area contributed by atoms with Crippen LogP contribution in [0.3, 0.4) is 0 Å². The van der Waals surface area contributed by atoms with Crippen molar-refractivity contribution in [1.29, 1.82) is 0 Å². The van der Waals surface area contributed by atoms with E-state index in [1.54, 1.807) is 14.1 Å². The number of aliphatic carboxylic acids is 1. The van der Waals surface area contributed by atoms with Crippen LogP contribution in [-0.2, 0) is 9.59 Å². The molecular formula is C11H19N3O4. The van der Waals surface area contributed by atoms with Crippen molar-refractivity contribution in [3.05, 3.63) is 0 Å². The van der Waals surface area contributed by atoms with E-state index in [9.17, 15) is 14.4 Å². The van der Waals surface area contributed by atoms with Crippen molar-refractivity contribution in [2.45, 2.75) is 25.3 Å². The van der Waals surface area contributed by atoms with Gasteiger partial charge < -0.3 is 20.2 Å². The quantitative estimate of drug-likeness (QED) is 0.725. The van der Waals surface area contributed by atoms with Gasteiger partial charge in [0.1, 0.15) is 0 Å². The molecule has 0 bridgehead atoms. The zero-order chi connectivity index (χ0) is 13.7. The van der Waals surface area contributed by atoms with Gasteiger partial charge in [0.15, 0.2) is 0 Å². The van der Waals surface area contributed by atoms with Gasteiger partial charge in [-0.15, -0.1) is 0 Å². The lowest BCUT2D eigenvalue weighted by Gasteiger charge is -2.24. The lowest BCUT2D eigenvalue weighted by atomic mass is 10.1. The van der Waals surface area contributed by atoms with E-state index in [2.05, 4.69) is 5.32 Å². The summed E-state index contributed by atoms with van der Waals surface area (Å²) in [6.45, 7) is 0.474. The number of likely N-dealkylation sites (N-methyl/N-ethyl adjacent to an activating group) is 1. The van der Waals surface area contributed by atoms with Crippen LogP contribution in [-0.4, -0.2) is 66.0 Å². The molecule has 0 aromatic rings.